The molecule has 0 saturated carbocycles. The summed E-state index contributed by atoms with van der Waals surface area (Å²) in [6.07, 6.45) is 0. The van der Waals surface area contributed by atoms with Crippen molar-refractivity contribution in [2.45, 2.75) is 18.6 Å². The molecule has 9 heteroatoms. The normalized spacial score (nSPS) is 10.9. The number of aromatic nitrogens is 2. The van der Waals surface area contributed by atoms with Gasteiger partial charge >= 0.3 is 0 Å². The number of nitrogens with one attached hydrogen (secondary N) is 1. The van der Waals surface area contributed by atoms with Crippen LogP contribution >= 0.6 is 27.7 Å². The average molecular weight is 490 g/mol. The number of nitrogens with zero attached hydrogens (tertiary/aromatic N) is 2. The third-order valence-electron chi connectivity index (χ3n) is 4.31. The molecule has 0 radical (unpaired) electrons. The van der Waals surface area contributed by atoms with Crippen LogP contribution in [0.25, 0.3) is 10.9 Å². The number of benzene rings is 2. The van der Waals surface area contributed by atoms with Crippen LogP contribution < -0.4 is 10.9 Å². The van der Waals surface area contributed by atoms with Gasteiger partial charge in [0.15, 0.2) is 10.9 Å². The summed E-state index contributed by atoms with van der Waals surface area (Å²) in [5.74, 6) is -0.389. The predicted octanol–water partition coefficient (Wildman–Crippen LogP) is 3.74. The van der Waals surface area contributed by atoms with Gasteiger partial charge in [0, 0.05) is 17.1 Å². The van der Waals surface area contributed by atoms with Crippen LogP contribution in [0.2, 0.25) is 0 Å². The molecule has 1 heterocycles. The highest BCUT2D eigenvalue weighted by Crippen LogP contribution is 2.22. The van der Waals surface area contributed by atoms with Crippen molar-refractivity contribution in [2.75, 3.05) is 24.8 Å². The summed E-state index contributed by atoms with van der Waals surface area (Å²) in [7, 11) is 1.56. The number of carbonyl (C=O) groups excluding carboxylic acids is 2. The Kier molecular flexibility index (Phi) is 7.41. The number of methoxy groups -OCH3 is 1. The molecule has 0 aliphatic heterocycles. The molecule has 3 aromatic rings. The second-order valence-corrected chi connectivity index (χ2v) is 8.30. The summed E-state index contributed by atoms with van der Waals surface area (Å²) in [5.41, 5.74) is 1.27. The van der Waals surface area contributed by atoms with Crippen LogP contribution in [-0.2, 0) is 16.1 Å². The molecule has 0 fully saturated rings. The summed E-state index contributed by atoms with van der Waals surface area (Å²) in [5, 5.41) is 3.68. The number of ether oxygens (including phenoxy) is 1. The molecule has 0 aliphatic carbocycles. The van der Waals surface area contributed by atoms with Crippen LogP contribution in [0.1, 0.15) is 17.3 Å². The number of hydrogen-bond acceptors (Lipinski definition) is 6. The average Bonchev–Trinajstić information content (AvgIpc) is 2.72. The third-order valence-corrected chi connectivity index (χ3v) is 5.78. The fraction of sp³-hybridized carbons (Fsp3) is 0.238. The Morgan fingerprint density at radius 3 is 2.73 bits per heavy atom. The Bertz CT molecular complexity index is 1160. The highest BCUT2D eigenvalue weighted by atomic mass is 79.9. The molecule has 7 nitrogen and oxygen atoms in total. The van der Waals surface area contributed by atoms with Crippen molar-refractivity contribution in [1.82, 2.24) is 9.55 Å². The lowest BCUT2D eigenvalue weighted by molar-refractivity contribution is -0.113. The van der Waals surface area contributed by atoms with Crippen LogP contribution in [0.5, 0.6) is 0 Å². The lowest BCUT2D eigenvalue weighted by Crippen LogP contribution is -2.26. The quantitative estimate of drug-likeness (QED) is 0.294. The molecular formula is C21H20BrN3O4S. The first-order valence-electron chi connectivity index (χ1n) is 9.12. The van der Waals surface area contributed by atoms with Crippen LogP contribution in [0.4, 0.5) is 5.69 Å². The molecule has 1 amide bonds. The Labute approximate surface area is 186 Å². The van der Waals surface area contributed by atoms with E-state index in [0.29, 0.717) is 40.5 Å². The number of fused-ring (bicyclic) bond motifs is 1. The number of thioether (sulfide) groups is 1. The summed E-state index contributed by atoms with van der Waals surface area (Å²) in [6.45, 7) is 2.11. The molecule has 2 aromatic carbocycles. The maximum Gasteiger partial charge on any atom is 0.262 e. The van der Waals surface area contributed by atoms with Gasteiger partial charge in [0.25, 0.3) is 5.56 Å². The van der Waals surface area contributed by atoms with Gasteiger partial charge in [-0.05, 0) is 37.3 Å². The fourth-order valence-corrected chi connectivity index (χ4v) is 4.06. The summed E-state index contributed by atoms with van der Waals surface area (Å²) >= 11 is 4.54. The Balaban J connectivity index is 1.84. The number of ketones is 1. The van der Waals surface area contributed by atoms with E-state index in [0.717, 1.165) is 16.2 Å². The van der Waals surface area contributed by atoms with E-state index in [2.05, 4.69) is 26.2 Å². The van der Waals surface area contributed by atoms with Gasteiger partial charge in [0.1, 0.15) is 0 Å². The van der Waals surface area contributed by atoms with Crippen LogP contribution in [0.3, 0.4) is 0 Å². The fourth-order valence-electron chi connectivity index (χ4n) is 2.88. The maximum atomic E-state index is 13.0. The molecular weight excluding hydrogens is 470 g/mol. The molecule has 0 unspecified atom stereocenters. The highest BCUT2D eigenvalue weighted by molar-refractivity contribution is 9.10. The first-order chi connectivity index (χ1) is 14.4. The smallest absolute Gasteiger partial charge is 0.262 e. The molecule has 1 N–H and O–H groups in total. The standard InChI is InChI=1S/C21H20BrN3O4S/c1-13(26)15-5-3-4-6-17(15)23-19(27)12-30-21-24-18-8-7-14(22)11-16(18)20(28)25(21)9-10-29-2/h3-8,11H,9-10,12H2,1-2H3,(H,23,27). The van der Waals surface area contributed by atoms with Crippen LogP contribution in [0.15, 0.2) is 56.9 Å². The highest BCUT2D eigenvalue weighted by Gasteiger charge is 2.15. The van der Waals surface area contributed by atoms with Gasteiger partial charge in [0.2, 0.25) is 5.91 Å². The topological polar surface area (TPSA) is 90.3 Å². The number of halogens is 1. The molecule has 156 valence electrons. The Morgan fingerprint density at radius 1 is 1.23 bits per heavy atom. The number of Topliss-reactive ketones (excluding diaryl/α,β-unsaturated/α-hetero) is 1. The van der Waals surface area contributed by atoms with Gasteiger partial charge in [-0.1, -0.05) is 39.8 Å². The first kappa shape index (κ1) is 22.2. The van der Waals surface area contributed by atoms with E-state index < -0.39 is 0 Å². The molecule has 0 atom stereocenters. The van der Waals surface area contributed by atoms with Crippen molar-refractivity contribution in [3.05, 3.63) is 62.9 Å². The minimum absolute atomic E-state index is 0.0354. The van der Waals surface area contributed by atoms with Gasteiger partial charge in [0.05, 0.1) is 35.5 Å². The zero-order valence-electron chi connectivity index (χ0n) is 16.5. The lowest BCUT2D eigenvalue weighted by atomic mass is 10.1. The first-order valence-corrected chi connectivity index (χ1v) is 10.9. The summed E-state index contributed by atoms with van der Waals surface area (Å²) in [6, 6.07) is 12.1. The van der Waals surface area contributed by atoms with Gasteiger partial charge in [-0.25, -0.2) is 4.98 Å². The Morgan fingerprint density at radius 2 is 2.00 bits per heavy atom. The zero-order chi connectivity index (χ0) is 21.7. The van der Waals surface area contributed by atoms with E-state index in [1.54, 1.807) is 43.5 Å². The van der Waals surface area contributed by atoms with E-state index in [-0.39, 0.29) is 23.0 Å². The second-order valence-electron chi connectivity index (χ2n) is 6.44. The number of rotatable bonds is 8. The number of anilines is 1. The van der Waals surface area contributed by atoms with E-state index in [1.165, 1.54) is 11.5 Å². The summed E-state index contributed by atoms with van der Waals surface area (Å²) in [4.78, 5) is 41.8. The van der Waals surface area contributed by atoms with E-state index in [1.807, 2.05) is 6.07 Å². The largest absolute Gasteiger partial charge is 0.383 e. The molecule has 0 spiro atoms. The third kappa shape index (κ3) is 5.16. The minimum atomic E-state index is -0.294. The predicted molar refractivity (Wildman–Crippen MR) is 121 cm³/mol. The number of carbonyl (C=O) groups is 2. The van der Waals surface area contributed by atoms with E-state index >= 15 is 0 Å². The van der Waals surface area contributed by atoms with Crippen LogP contribution in [0, 0.1) is 0 Å². The zero-order valence-corrected chi connectivity index (χ0v) is 18.9. The Hall–Kier alpha value is -2.49. The second kappa shape index (κ2) is 10.0. The molecule has 0 saturated heterocycles. The van der Waals surface area contributed by atoms with Crippen molar-refractivity contribution < 1.29 is 14.3 Å². The molecule has 30 heavy (non-hydrogen) atoms. The molecule has 0 bridgehead atoms. The van der Waals surface area contributed by atoms with Crippen molar-refractivity contribution in [1.29, 1.82) is 0 Å². The van der Waals surface area contributed by atoms with Gasteiger partial charge in [-0.3, -0.25) is 19.0 Å². The SMILES string of the molecule is COCCn1c(SCC(=O)Nc2ccccc2C(C)=O)nc2ccc(Br)cc2c1=O. The number of hydrogen-bond donors (Lipinski definition) is 1. The molecule has 1 aromatic heterocycles. The maximum absolute atomic E-state index is 13.0. The van der Waals surface area contributed by atoms with E-state index in [9.17, 15) is 14.4 Å². The van der Waals surface area contributed by atoms with Gasteiger partial charge < -0.3 is 10.1 Å². The monoisotopic (exact) mass is 489 g/mol. The minimum Gasteiger partial charge on any atom is -0.383 e. The van der Waals surface area contributed by atoms with Gasteiger partial charge in [-0.2, -0.15) is 0 Å². The summed E-state index contributed by atoms with van der Waals surface area (Å²) < 4.78 is 7.42. The lowest BCUT2D eigenvalue weighted by Gasteiger charge is -2.13. The van der Waals surface area contributed by atoms with Crippen molar-refractivity contribution in [2.24, 2.45) is 0 Å². The van der Waals surface area contributed by atoms with Crippen molar-refractivity contribution in [3.63, 3.8) is 0 Å². The number of amides is 1. The van der Waals surface area contributed by atoms with Crippen molar-refractivity contribution >= 4 is 56.0 Å². The van der Waals surface area contributed by atoms with E-state index in [4.69, 9.17) is 4.74 Å². The molecule has 3 rings (SSSR count). The number of para-hydroxylation sites is 1. The molecule has 0 aliphatic rings. The van der Waals surface area contributed by atoms with Gasteiger partial charge in [-0.15, -0.1) is 0 Å². The van der Waals surface area contributed by atoms with Crippen molar-refractivity contribution in [3.8, 4) is 0 Å². The van der Waals surface area contributed by atoms with Crippen LogP contribution in [-0.4, -0.2) is 40.7 Å².